The Labute approximate surface area is 195 Å². The molecule has 3 rings (SSSR count). The molecule has 0 fully saturated rings. The summed E-state index contributed by atoms with van der Waals surface area (Å²) in [5.74, 6) is 0.584. The molecule has 5 nitrogen and oxygen atoms in total. The highest BCUT2D eigenvalue weighted by molar-refractivity contribution is 9.10. The minimum Gasteiger partial charge on any atom is -0.390 e. The Hall–Kier alpha value is -1.25. The average Bonchev–Trinajstić information content (AvgIpc) is 3.12. The van der Waals surface area contributed by atoms with E-state index in [4.69, 9.17) is 0 Å². The van der Waals surface area contributed by atoms with Gasteiger partial charge in [-0.3, -0.25) is 0 Å². The van der Waals surface area contributed by atoms with Gasteiger partial charge in [0.1, 0.15) is 0 Å². The van der Waals surface area contributed by atoms with Crippen LogP contribution in [-0.2, 0) is 22.9 Å². The van der Waals surface area contributed by atoms with Crippen molar-refractivity contribution in [2.24, 2.45) is 5.92 Å². The molecule has 2 aromatic carbocycles. The Morgan fingerprint density at radius 2 is 1.81 bits per heavy atom. The van der Waals surface area contributed by atoms with Crippen LogP contribution in [0.5, 0.6) is 0 Å². The van der Waals surface area contributed by atoms with Gasteiger partial charge in [-0.15, -0.1) is 0 Å². The van der Waals surface area contributed by atoms with E-state index in [0.717, 1.165) is 19.3 Å². The number of β-amino-alcohol motifs (C(OH)–C–C–N with tert-alkyl or cyclic N) is 1. The Morgan fingerprint density at radius 3 is 2.39 bits per heavy atom. The number of nitrogens with zero attached hydrogens (tertiary/aromatic N) is 1. The minimum atomic E-state index is -3.66. The van der Waals surface area contributed by atoms with Crippen LogP contribution in [-0.4, -0.2) is 49.1 Å². The fourth-order valence-electron chi connectivity index (χ4n) is 4.46. The molecular formula is C24H33BrN2O3S. The largest absolute Gasteiger partial charge is 0.390 e. The summed E-state index contributed by atoms with van der Waals surface area (Å²) < 4.78 is 28.0. The van der Waals surface area contributed by atoms with Gasteiger partial charge in [0.15, 0.2) is 0 Å². The van der Waals surface area contributed by atoms with Gasteiger partial charge in [0.25, 0.3) is 0 Å². The molecule has 0 aliphatic heterocycles. The number of nitrogens with one attached hydrogen (secondary N) is 1. The van der Waals surface area contributed by atoms with E-state index in [1.807, 2.05) is 0 Å². The van der Waals surface area contributed by atoms with E-state index in [0.29, 0.717) is 23.5 Å². The summed E-state index contributed by atoms with van der Waals surface area (Å²) in [7, 11) is -3.66. The average molecular weight is 510 g/mol. The van der Waals surface area contributed by atoms with Crippen LogP contribution in [0.25, 0.3) is 0 Å². The maximum absolute atomic E-state index is 13.0. The number of halogens is 1. The maximum atomic E-state index is 13.0. The predicted octanol–water partition coefficient (Wildman–Crippen LogP) is 3.99. The van der Waals surface area contributed by atoms with Crippen LogP contribution in [0.3, 0.4) is 0 Å². The van der Waals surface area contributed by atoms with E-state index < -0.39 is 16.1 Å². The normalized spacial score (nSPS) is 15.9. The Morgan fingerprint density at radius 1 is 1.16 bits per heavy atom. The van der Waals surface area contributed by atoms with Crippen molar-refractivity contribution in [3.05, 3.63) is 64.1 Å². The standard InChI is InChI=1S/C24H33BrN2O3S/c1-4-27(31(29,30)23-11-7-10-21(25)14-23)17-22(28)16-26-24(2,3)15-18-12-19-8-5-6-9-20(19)13-18/h5-11,14,18,22,26,28H,4,12-13,15-17H2,1-3H3. The van der Waals surface area contributed by atoms with E-state index in [2.05, 4.69) is 59.4 Å². The molecule has 1 unspecified atom stereocenters. The number of aliphatic hydroxyl groups is 1. The van der Waals surface area contributed by atoms with Crippen molar-refractivity contribution >= 4 is 26.0 Å². The van der Waals surface area contributed by atoms with Gasteiger partial charge in [-0.1, -0.05) is 53.2 Å². The summed E-state index contributed by atoms with van der Waals surface area (Å²) in [5.41, 5.74) is 2.74. The van der Waals surface area contributed by atoms with Crippen molar-refractivity contribution in [1.82, 2.24) is 9.62 Å². The Bertz CT molecular complexity index is 969. The monoisotopic (exact) mass is 508 g/mol. The topological polar surface area (TPSA) is 69.6 Å². The fourth-order valence-corrected chi connectivity index (χ4v) is 6.54. The zero-order chi connectivity index (χ0) is 22.6. The van der Waals surface area contributed by atoms with Crippen LogP contribution in [0, 0.1) is 5.92 Å². The van der Waals surface area contributed by atoms with Gasteiger partial charge in [-0.2, -0.15) is 4.31 Å². The van der Waals surface area contributed by atoms with E-state index in [1.54, 1.807) is 31.2 Å². The lowest BCUT2D eigenvalue weighted by Crippen LogP contribution is -2.48. The van der Waals surface area contributed by atoms with Gasteiger partial charge in [0.05, 0.1) is 11.0 Å². The summed E-state index contributed by atoms with van der Waals surface area (Å²) in [6, 6.07) is 15.3. The third-order valence-corrected chi connectivity index (χ3v) is 8.38. The van der Waals surface area contributed by atoms with Crippen LogP contribution >= 0.6 is 15.9 Å². The fraction of sp³-hybridized carbons (Fsp3) is 0.500. The Balaban J connectivity index is 1.54. The van der Waals surface area contributed by atoms with Crippen molar-refractivity contribution in [2.45, 2.75) is 56.6 Å². The quantitative estimate of drug-likeness (QED) is 0.508. The van der Waals surface area contributed by atoms with Gasteiger partial charge in [0, 0.05) is 29.6 Å². The first-order chi connectivity index (χ1) is 14.6. The SMILES string of the molecule is CCN(CC(O)CNC(C)(C)CC1Cc2ccccc2C1)S(=O)(=O)c1cccc(Br)c1. The lowest BCUT2D eigenvalue weighted by Gasteiger charge is -2.31. The molecule has 0 radical (unpaired) electrons. The number of likely N-dealkylation sites (N-methyl/N-ethyl adjacent to an activating group) is 1. The molecule has 2 N–H and O–H groups in total. The molecule has 2 aromatic rings. The molecule has 0 aromatic heterocycles. The number of hydrogen-bond acceptors (Lipinski definition) is 4. The van der Waals surface area contributed by atoms with Crippen LogP contribution in [0.15, 0.2) is 57.9 Å². The second kappa shape index (κ2) is 10.1. The molecule has 1 atom stereocenters. The molecule has 0 saturated carbocycles. The van der Waals surface area contributed by atoms with Crippen molar-refractivity contribution in [3.8, 4) is 0 Å². The molecule has 0 spiro atoms. The van der Waals surface area contributed by atoms with Gasteiger partial charge in [-0.05, 0) is 68.4 Å². The van der Waals surface area contributed by atoms with Gasteiger partial charge in [0.2, 0.25) is 10.0 Å². The second-order valence-electron chi connectivity index (χ2n) is 9.08. The van der Waals surface area contributed by atoms with Gasteiger partial charge < -0.3 is 10.4 Å². The van der Waals surface area contributed by atoms with Crippen molar-refractivity contribution in [1.29, 1.82) is 0 Å². The smallest absolute Gasteiger partial charge is 0.243 e. The number of benzene rings is 2. The highest BCUT2D eigenvalue weighted by atomic mass is 79.9. The highest BCUT2D eigenvalue weighted by Gasteiger charge is 2.30. The molecule has 0 amide bonds. The number of rotatable bonds is 10. The maximum Gasteiger partial charge on any atom is 0.243 e. The van der Waals surface area contributed by atoms with E-state index in [9.17, 15) is 13.5 Å². The molecule has 170 valence electrons. The van der Waals surface area contributed by atoms with Gasteiger partial charge in [-0.25, -0.2) is 8.42 Å². The van der Waals surface area contributed by atoms with Crippen molar-refractivity contribution < 1.29 is 13.5 Å². The first kappa shape index (κ1) is 24.4. The van der Waals surface area contributed by atoms with Crippen molar-refractivity contribution in [2.75, 3.05) is 19.6 Å². The summed E-state index contributed by atoms with van der Waals surface area (Å²) in [5, 5.41) is 14.1. The zero-order valence-corrected chi connectivity index (χ0v) is 20.9. The van der Waals surface area contributed by atoms with Crippen LogP contribution in [0.1, 0.15) is 38.3 Å². The lowest BCUT2D eigenvalue weighted by molar-refractivity contribution is 0.131. The van der Waals surface area contributed by atoms with E-state index in [1.165, 1.54) is 15.4 Å². The molecule has 0 saturated heterocycles. The van der Waals surface area contributed by atoms with Gasteiger partial charge >= 0.3 is 0 Å². The zero-order valence-electron chi connectivity index (χ0n) is 18.5. The second-order valence-corrected chi connectivity index (χ2v) is 11.9. The first-order valence-electron chi connectivity index (χ1n) is 10.9. The van der Waals surface area contributed by atoms with Crippen molar-refractivity contribution in [3.63, 3.8) is 0 Å². The number of hydrogen-bond donors (Lipinski definition) is 2. The third-order valence-electron chi connectivity index (χ3n) is 5.95. The molecule has 0 bridgehead atoms. The minimum absolute atomic E-state index is 0.0588. The van der Waals surface area contributed by atoms with E-state index in [-0.39, 0.29) is 17.0 Å². The lowest BCUT2D eigenvalue weighted by atomic mass is 9.88. The molecule has 1 aliphatic carbocycles. The predicted molar refractivity (Wildman–Crippen MR) is 129 cm³/mol. The van der Waals surface area contributed by atoms with Crippen LogP contribution in [0.4, 0.5) is 0 Å². The number of sulfonamides is 1. The summed E-state index contributed by atoms with van der Waals surface area (Å²) in [6.07, 6.45) is 2.40. The molecule has 1 aliphatic rings. The number of fused-ring (bicyclic) bond motifs is 1. The summed E-state index contributed by atoms with van der Waals surface area (Å²) in [4.78, 5) is 0.227. The molecular weight excluding hydrogens is 476 g/mol. The first-order valence-corrected chi connectivity index (χ1v) is 13.1. The van der Waals surface area contributed by atoms with E-state index >= 15 is 0 Å². The highest BCUT2D eigenvalue weighted by Crippen LogP contribution is 2.31. The van der Waals surface area contributed by atoms with Crippen LogP contribution < -0.4 is 5.32 Å². The Kier molecular flexibility index (Phi) is 7.97. The van der Waals surface area contributed by atoms with Crippen LogP contribution in [0.2, 0.25) is 0 Å². The summed E-state index contributed by atoms with van der Waals surface area (Å²) in [6.45, 7) is 6.80. The molecule has 0 heterocycles. The summed E-state index contributed by atoms with van der Waals surface area (Å²) >= 11 is 3.33. The number of aliphatic hydroxyl groups excluding tert-OH is 1. The molecule has 31 heavy (non-hydrogen) atoms. The molecule has 7 heteroatoms. The third kappa shape index (κ3) is 6.39.